The van der Waals surface area contributed by atoms with E-state index in [4.69, 9.17) is 10.6 Å². The van der Waals surface area contributed by atoms with E-state index in [1.807, 2.05) is 43.3 Å². The molecule has 8 nitrogen and oxygen atoms in total. The summed E-state index contributed by atoms with van der Waals surface area (Å²) in [6.45, 7) is 2.62. The highest BCUT2D eigenvalue weighted by Crippen LogP contribution is 2.31. The van der Waals surface area contributed by atoms with E-state index in [1.54, 1.807) is 12.2 Å². The number of fused-ring (bicyclic) bond motifs is 1. The third-order valence-electron chi connectivity index (χ3n) is 4.72. The number of aryl methyl sites for hydroxylation is 1. The highest BCUT2D eigenvalue weighted by molar-refractivity contribution is 6.04. The average molecular weight is 376 g/mol. The van der Waals surface area contributed by atoms with Crippen molar-refractivity contribution >= 4 is 17.4 Å². The molecule has 2 unspecified atom stereocenters. The standard InChI is InChI=1S/C20H20N6O2/c1-2-15-19(22-11-12-7-4-3-5-8-12)23-20(25-24-15)16-13-9-6-10-14(18(21)27)17(13)28-26-16/h3-10,13,17H,2,11H2,1H3,(H2,21,27)(H,22,23,25). The maximum absolute atomic E-state index is 11.6. The van der Waals surface area contributed by atoms with Crippen LogP contribution in [0.1, 0.15) is 24.0 Å². The van der Waals surface area contributed by atoms with Gasteiger partial charge >= 0.3 is 0 Å². The molecule has 4 rings (SSSR count). The highest BCUT2D eigenvalue weighted by atomic mass is 16.6. The second kappa shape index (κ2) is 7.59. The Balaban J connectivity index is 1.58. The number of hydrogen-bond donors (Lipinski definition) is 2. The van der Waals surface area contributed by atoms with E-state index in [1.165, 1.54) is 0 Å². The number of allylic oxidation sites excluding steroid dienone is 2. The largest absolute Gasteiger partial charge is 0.386 e. The number of nitrogens with two attached hydrogens (primary N) is 1. The maximum atomic E-state index is 11.6. The van der Waals surface area contributed by atoms with Gasteiger partial charge in [-0.2, -0.15) is 0 Å². The molecule has 2 aliphatic rings. The van der Waals surface area contributed by atoms with Gasteiger partial charge in [0, 0.05) is 6.54 Å². The van der Waals surface area contributed by atoms with E-state index in [0.717, 1.165) is 11.3 Å². The third kappa shape index (κ3) is 3.36. The Kier molecular flexibility index (Phi) is 4.84. The zero-order valence-electron chi connectivity index (χ0n) is 15.4. The lowest BCUT2D eigenvalue weighted by Crippen LogP contribution is -2.33. The Hall–Kier alpha value is -3.55. The first kappa shape index (κ1) is 17.8. The SMILES string of the molecule is CCc1nnc(C2=NOC3C(C(N)=O)=CC=CC23)nc1NCc1ccccc1. The minimum Gasteiger partial charge on any atom is -0.386 e. The van der Waals surface area contributed by atoms with Gasteiger partial charge in [0.2, 0.25) is 11.7 Å². The van der Waals surface area contributed by atoms with Crippen LogP contribution in [0.15, 0.2) is 59.3 Å². The van der Waals surface area contributed by atoms with Crippen LogP contribution in [0, 0.1) is 5.92 Å². The number of primary amides is 1. The van der Waals surface area contributed by atoms with Crippen LogP contribution in [-0.4, -0.2) is 32.9 Å². The molecular weight excluding hydrogens is 356 g/mol. The summed E-state index contributed by atoms with van der Waals surface area (Å²) in [4.78, 5) is 21.7. The molecule has 1 aliphatic carbocycles. The Morgan fingerprint density at radius 3 is 2.82 bits per heavy atom. The van der Waals surface area contributed by atoms with Crippen molar-refractivity contribution in [3.63, 3.8) is 0 Å². The first-order valence-electron chi connectivity index (χ1n) is 9.11. The van der Waals surface area contributed by atoms with Crippen LogP contribution in [0.2, 0.25) is 0 Å². The summed E-state index contributed by atoms with van der Waals surface area (Å²) in [5, 5.41) is 16.0. The molecule has 0 radical (unpaired) electrons. The number of benzene rings is 1. The molecule has 1 amide bonds. The molecule has 1 aromatic heterocycles. The van der Waals surface area contributed by atoms with Crippen LogP contribution < -0.4 is 11.1 Å². The minimum atomic E-state index is -0.548. The van der Waals surface area contributed by atoms with Crippen LogP contribution in [0.4, 0.5) is 5.82 Å². The Labute approximate surface area is 162 Å². The number of hydrogen-bond acceptors (Lipinski definition) is 7. The first-order valence-corrected chi connectivity index (χ1v) is 9.11. The summed E-state index contributed by atoms with van der Waals surface area (Å²) in [7, 11) is 0. The second-order valence-corrected chi connectivity index (χ2v) is 6.52. The zero-order valence-corrected chi connectivity index (χ0v) is 15.4. The number of nitrogens with zero attached hydrogens (tertiary/aromatic N) is 4. The predicted molar refractivity (Wildman–Crippen MR) is 104 cm³/mol. The summed E-state index contributed by atoms with van der Waals surface area (Å²) in [6.07, 6.45) is 5.47. The number of anilines is 1. The van der Waals surface area contributed by atoms with Gasteiger partial charge in [-0.25, -0.2) is 4.98 Å². The lowest BCUT2D eigenvalue weighted by atomic mass is 9.87. The summed E-state index contributed by atoms with van der Waals surface area (Å²) in [5.74, 6) is 0.230. The van der Waals surface area contributed by atoms with Crippen LogP contribution in [-0.2, 0) is 22.6 Å². The van der Waals surface area contributed by atoms with Crippen molar-refractivity contribution in [2.45, 2.75) is 26.0 Å². The van der Waals surface area contributed by atoms with Gasteiger partial charge in [0.25, 0.3) is 0 Å². The normalized spacial score (nSPS) is 20.0. The van der Waals surface area contributed by atoms with Crippen LogP contribution in [0.25, 0.3) is 0 Å². The first-order chi connectivity index (χ1) is 13.7. The van der Waals surface area contributed by atoms with Gasteiger partial charge in [0.15, 0.2) is 11.9 Å². The monoisotopic (exact) mass is 376 g/mol. The molecule has 0 spiro atoms. The summed E-state index contributed by atoms with van der Waals surface area (Å²) in [5.41, 5.74) is 8.26. The molecule has 28 heavy (non-hydrogen) atoms. The molecule has 0 saturated heterocycles. The predicted octanol–water partition coefficient (Wildman–Crippen LogP) is 1.75. The van der Waals surface area contributed by atoms with Crippen LogP contribution in [0.5, 0.6) is 0 Å². The Bertz CT molecular complexity index is 983. The molecule has 3 N–H and O–H groups in total. The van der Waals surface area contributed by atoms with Crippen LogP contribution in [0.3, 0.4) is 0 Å². The average Bonchev–Trinajstić information content (AvgIpc) is 3.17. The number of oxime groups is 1. The number of aromatic nitrogens is 3. The second-order valence-electron chi connectivity index (χ2n) is 6.52. The molecule has 0 fully saturated rings. The van der Waals surface area contributed by atoms with Crippen molar-refractivity contribution in [3.05, 3.63) is 71.2 Å². The number of amides is 1. The third-order valence-corrected chi connectivity index (χ3v) is 4.72. The van der Waals surface area contributed by atoms with E-state index >= 15 is 0 Å². The van der Waals surface area contributed by atoms with Gasteiger partial charge in [0.1, 0.15) is 11.4 Å². The summed E-state index contributed by atoms with van der Waals surface area (Å²) >= 11 is 0. The molecule has 8 heteroatoms. The van der Waals surface area contributed by atoms with Gasteiger partial charge in [-0.1, -0.05) is 54.6 Å². The topological polar surface area (TPSA) is 115 Å². The van der Waals surface area contributed by atoms with Crippen molar-refractivity contribution in [2.75, 3.05) is 5.32 Å². The molecular formula is C20H20N6O2. The molecule has 0 saturated carbocycles. The molecule has 1 aromatic carbocycles. The maximum Gasteiger partial charge on any atom is 0.248 e. The fraction of sp³-hybridized carbons (Fsp3) is 0.250. The lowest BCUT2D eigenvalue weighted by molar-refractivity contribution is -0.116. The van der Waals surface area contributed by atoms with Crippen molar-refractivity contribution < 1.29 is 9.63 Å². The number of carbonyl (C=O) groups excluding carboxylic acids is 1. The number of nitrogens with one attached hydrogen (secondary N) is 1. The van der Waals surface area contributed by atoms with E-state index < -0.39 is 12.0 Å². The van der Waals surface area contributed by atoms with Crippen molar-refractivity contribution in [1.82, 2.24) is 15.2 Å². The number of rotatable bonds is 6. The van der Waals surface area contributed by atoms with E-state index in [0.29, 0.717) is 35.9 Å². The van der Waals surface area contributed by atoms with Crippen molar-refractivity contribution in [3.8, 4) is 0 Å². The lowest BCUT2D eigenvalue weighted by Gasteiger charge is -2.19. The van der Waals surface area contributed by atoms with Gasteiger partial charge in [-0.15, -0.1) is 10.2 Å². The van der Waals surface area contributed by atoms with Gasteiger partial charge in [-0.05, 0) is 18.1 Å². The quantitative estimate of drug-likeness (QED) is 0.793. The molecule has 2 aromatic rings. The smallest absolute Gasteiger partial charge is 0.248 e. The Morgan fingerprint density at radius 2 is 2.07 bits per heavy atom. The molecule has 1 aliphatic heterocycles. The molecule has 2 atom stereocenters. The van der Waals surface area contributed by atoms with E-state index in [-0.39, 0.29) is 5.92 Å². The van der Waals surface area contributed by atoms with Gasteiger partial charge in [0.05, 0.1) is 11.5 Å². The number of carbonyl (C=O) groups is 1. The van der Waals surface area contributed by atoms with Crippen molar-refractivity contribution in [2.24, 2.45) is 16.8 Å². The zero-order chi connectivity index (χ0) is 19.5. The fourth-order valence-corrected chi connectivity index (χ4v) is 3.23. The fourth-order valence-electron chi connectivity index (χ4n) is 3.23. The molecule has 142 valence electrons. The van der Waals surface area contributed by atoms with E-state index in [2.05, 4.69) is 25.7 Å². The summed E-state index contributed by atoms with van der Waals surface area (Å²) in [6, 6.07) is 10.0. The highest BCUT2D eigenvalue weighted by Gasteiger charge is 2.40. The van der Waals surface area contributed by atoms with Crippen molar-refractivity contribution in [1.29, 1.82) is 0 Å². The van der Waals surface area contributed by atoms with Gasteiger partial charge in [-0.3, -0.25) is 4.79 Å². The molecule has 0 bridgehead atoms. The van der Waals surface area contributed by atoms with Gasteiger partial charge < -0.3 is 15.9 Å². The van der Waals surface area contributed by atoms with Crippen LogP contribution >= 0.6 is 0 Å². The van der Waals surface area contributed by atoms with E-state index in [9.17, 15) is 4.79 Å². The minimum absolute atomic E-state index is 0.274. The molecule has 2 heterocycles. The Morgan fingerprint density at radius 1 is 1.25 bits per heavy atom. The summed E-state index contributed by atoms with van der Waals surface area (Å²) < 4.78 is 0.